The van der Waals surface area contributed by atoms with Gasteiger partial charge in [-0.3, -0.25) is 9.59 Å². The maximum atomic E-state index is 12.1. The van der Waals surface area contributed by atoms with E-state index in [0.29, 0.717) is 12.8 Å². The predicted molar refractivity (Wildman–Crippen MR) is 105 cm³/mol. The Labute approximate surface area is 159 Å². The predicted octanol–water partition coefficient (Wildman–Crippen LogP) is 6.25. The van der Waals surface area contributed by atoms with Crippen LogP contribution >= 0.6 is 0 Å². The summed E-state index contributed by atoms with van der Waals surface area (Å²) in [5.74, 6) is -2.31. The van der Waals surface area contributed by atoms with Gasteiger partial charge in [0.05, 0.1) is 18.1 Å². The average Bonchev–Trinajstić information content (AvgIpc) is 2.65. The number of aliphatic carboxylic acids is 1. The fraction of sp³-hybridized carbons (Fsp3) is 0.818. The first-order chi connectivity index (χ1) is 12.7. The van der Waals surface area contributed by atoms with Gasteiger partial charge < -0.3 is 9.84 Å². The second-order valence-corrected chi connectivity index (χ2v) is 7.62. The molecule has 4 heteroatoms. The molecule has 1 aliphatic carbocycles. The number of esters is 1. The van der Waals surface area contributed by atoms with Crippen molar-refractivity contribution in [3.05, 3.63) is 12.3 Å². The molecule has 150 valence electrons. The van der Waals surface area contributed by atoms with Crippen molar-refractivity contribution in [3.63, 3.8) is 0 Å². The number of hydrogen-bond acceptors (Lipinski definition) is 3. The topological polar surface area (TPSA) is 63.6 Å². The number of rotatable bonds is 14. The molecule has 1 saturated carbocycles. The first-order valence-electron chi connectivity index (χ1n) is 10.7. The Balaban J connectivity index is 2.01. The fourth-order valence-corrected chi connectivity index (χ4v) is 3.73. The molecule has 1 fully saturated rings. The van der Waals surface area contributed by atoms with Crippen LogP contribution in [0.2, 0.25) is 0 Å². The summed E-state index contributed by atoms with van der Waals surface area (Å²) < 4.78 is 5.17. The zero-order valence-electron chi connectivity index (χ0n) is 16.6. The molecule has 0 aromatic rings. The molecular formula is C22H38O4. The van der Waals surface area contributed by atoms with Crippen LogP contribution in [-0.4, -0.2) is 17.0 Å². The van der Waals surface area contributed by atoms with Crippen LogP contribution < -0.4 is 0 Å². The van der Waals surface area contributed by atoms with Gasteiger partial charge in [-0.15, -0.1) is 0 Å². The number of carboxylic acids is 1. The Kier molecular flexibility index (Phi) is 12.9. The quantitative estimate of drug-likeness (QED) is 0.224. The molecule has 0 heterocycles. The Morgan fingerprint density at radius 3 is 2.00 bits per heavy atom. The zero-order chi connectivity index (χ0) is 19.0. The van der Waals surface area contributed by atoms with E-state index >= 15 is 0 Å². The lowest BCUT2D eigenvalue weighted by Crippen LogP contribution is -2.33. The lowest BCUT2D eigenvalue weighted by molar-refractivity contribution is -0.156. The molecule has 26 heavy (non-hydrogen) atoms. The maximum Gasteiger partial charge on any atom is 0.314 e. The largest absolute Gasteiger partial charge is 0.481 e. The number of ether oxygens (including phenoxy) is 1. The Morgan fingerprint density at radius 2 is 1.42 bits per heavy atom. The SMILES string of the molecule is CCCCCCCCCCCC/C=C/OC(=O)C1CCCCC1C(=O)O. The average molecular weight is 367 g/mol. The summed E-state index contributed by atoms with van der Waals surface area (Å²) in [4.78, 5) is 23.3. The molecule has 0 aromatic carbocycles. The van der Waals surface area contributed by atoms with Crippen LogP contribution in [0, 0.1) is 11.8 Å². The lowest BCUT2D eigenvalue weighted by Gasteiger charge is -2.25. The van der Waals surface area contributed by atoms with Crippen molar-refractivity contribution in [1.82, 2.24) is 0 Å². The highest BCUT2D eigenvalue weighted by Crippen LogP contribution is 2.31. The van der Waals surface area contributed by atoms with E-state index in [1.165, 1.54) is 64.0 Å². The molecule has 2 unspecified atom stereocenters. The van der Waals surface area contributed by atoms with E-state index in [-0.39, 0.29) is 5.97 Å². The van der Waals surface area contributed by atoms with Crippen molar-refractivity contribution in [1.29, 1.82) is 0 Å². The van der Waals surface area contributed by atoms with Gasteiger partial charge >= 0.3 is 11.9 Å². The molecule has 0 saturated heterocycles. The van der Waals surface area contributed by atoms with Crippen molar-refractivity contribution >= 4 is 11.9 Å². The number of carboxylic acid groups (broad SMARTS) is 1. The molecule has 0 spiro atoms. The van der Waals surface area contributed by atoms with Gasteiger partial charge in [0.1, 0.15) is 0 Å². The van der Waals surface area contributed by atoms with Crippen molar-refractivity contribution in [2.75, 3.05) is 0 Å². The first kappa shape index (κ1) is 22.7. The summed E-state index contributed by atoms with van der Waals surface area (Å²) in [5, 5.41) is 9.22. The second kappa shape index (κ2) is 14.8. The molecule has 0 aliphatic heterocycles. The maximum absolute atomic E-state index is 12.1. The highest BCUT2D eigenvalue weighted by Gasteiger charge is 2.36. The number of hydrogen-bond donors (Lipinski definition) is 1. The number of carbonyl (C=O) groups excluding carboxylic acids is 1. The van der Waals surface area contributed by atoms with Gasteiger partial charge in [0, 0.05) is 0 Å². The van der Waals surface area contributed by atoms with E-state index in [1.807, 2.05) is 6.08 Å². The van der Waals surface area contributed by atoms with E-state index in [2.05, 4.69) is 6.92 Å². The number of allylic oxidation sites excluding steroid dienone is 1. The minimum Gasteiger partial charge on any atom is -0.481 e. The van der Waals surface area contributed by atoms with Gasteiger partial charge in [-0.2, -0.15) is 0 Å². The van der Waals surface area contributed by atoms with E-state index in [1.54, 1.807) is 0 Å². The lowest BCUT2D eigenvalue weighted by atomic mass is 9.79. The summed E-state index contributed by atoms with van der Waals surface area (Å²) in [6, 6.07) is 0. The number of unbranched alkanes of at least 4 members (excludes halogenated alkanes) is 10. The fourth-order valence-electron chi connectivity index (χ4n) is 3.73. The molecule has 1 rings (SSSR count). The summed E-state index contributed by atoms with van der Waals surface area (Å²) in [7, 11) is 0. The Hall–Kier alpha value is -1.32. The first-order valence-corrected chi connectivity index (χ1v) is 10.7. The third-order valence-electron chi connectivity index (χ3n) is 5.39. The molecule has 1 aliphatic rings. The Morgan fingerprint density at radius 1 is 0.885 bits per heavy atom. The van der Waals surface area contributed by atoms with Crippen molar-refractivity contribution in [2.24, 2.45) is 11.8 Å². The summed E-state index contributed by atoms with van der Waals surface area (Å²) in [5.41, 5.74) is 0. The van der Waals surface area contributed by atoms with Gasteiger partial charge in [-0.25, -0.2) is 0 Å². The summed E-state index contributed by atoms with van der Waals surface area (Å²) >= 11 is 0. The zero-order valence-corrected chi connectivity index (χ0v) is 16.6. The molecule has 1 N–H and O–H groups in total. The monoisotopic (exact) mass is 366 g/mol. The molecule has 2 atom stereocenters. The standard InChI is InChI=1S/C22H38O4/c1-2-3-4-5-6-7-8-9-10-11-12-15-18-26-22(25)20-17-14-13-16-19(20)21(23)24/h15,18-20H,2-14,16-17H2,1H3,(H,23,24)/b18-15+. The van der Waals surface area contributed by atoms with Gasteiger partial charge in [0.15, 0.2) is 0 Å². The van der Waals surface area contributed by atoms with Crippen molar-refractivity contribution in [3.8, 4) is 0 Å². The highest BCUT2D eigenvalue weighted by atomic mass is 16.5. The minimum atomic E-state index is -0.874. The van der Waals surface area contributed by atoms with Gasteiger partial charge in [0.25, 0.3) is 0 Å². The van der Waals surface area contributed by atoms with Crippen LogP contribution in [0.1, 0.15) is 103 Å². The molecular weight excluding hydrogens is 328 g/mol. The van der Waals surface area contributed by atoms with E-state index in [9.17, 15) is 14.7 Å². The molecule has 0 radical (unpaired) electrons. The smallest absolute Gasteiger partial charge is 0.314 e. The van der Waals surface area contributed by atoms with E-state index in [4.69, 9.17) is 4.74 Å². The summed E-state index contributed by atoms with van der Waals surface area (Å²) in [6.07, 6.45) is 20.4. The van der Waals surface area contributed by atoms with Crippen LogP contribution in [-0.2, 0) is 14.3 Å². The van der Waals surface area contributed by atoms with Crippen molar-refractivity contribution < 1.29 is 19.4 Å². The van der Waals surface area contributed by atoms with Gasteiger partial charge in [0.2, 0.25) is 0 Å². The molecule has 0 aromatic heterocycles. The van der Waals surface area contributed by atoms with Crippen LogP contribution in [0.5, 0.6) is 0 Å². The second-order valence-electron chi connectivity index (χ2n) is 7.62. The van der Waals surface area contributed by atoms with Gasteiger partial charge in [-0.05, 0) is 31.8 Å². The molecule has 0 bridgehead atoms. The summed E-state index contributed by atoms with van der Waals surface area (Å²) in [6.45, 7) is 2.25. The molecule has 0 amide bonds. The third-order valence-corrected chi connectivity index (χ3v) is 5.39. The number of carbonyl (C=O) groups is 2. The Bertz CT molecular complexity index is 416. The van der Waals surface area contributed by atoms with E-state index < -0.39 is 17.8 Å². The third kappa shape index (κ3) is 9.98. The highest BCUT2D eigenvalue weighted by molar-refractivity contribution is 5.81. The van der Waals surface area contributed by atoms with Gasteiger partial charge in [-0.1, -0.05) is 77.6 Å². The van der Waals surface area contributed by atoms with Crippen LogP contribution in [0.25, 0.3) is 0 Å². The van der Waals surface area contributed by atoms with Crippen LogP contribution in [0.15, 0.2) is 12.3 Å². The molecule has 4 nitrogen and oxygen atoms in total. The van der Waals surface area contributed by atoms with Crippen LogP contribution in [0.4, 0.5) is 0 Å². The van der Waals surface area contributed by atoms with Crippen molar-refractivity contribution in [2.45, 2.75) is 103 Å². The van der Waals surface area contributed by atoms with Crippen LogP contribution in [0.3, 0.4) is 0 Å². The van der Waals surface area contributed by atoms with E-state index in [0.717, 1.165) is 25.7 Å². The minimum absolute atomic E-state index is 0.378. The normalized spacial score (nSPS) is 20.3.